The van der Waals surface area contributed by atoms with Crippen molar-refractivity contribution in [2.45, 2.75) is 50.4 Å². The molecule has 0 aliphatic heterocycles. The van der Waals surface area contributed by atoms with E-state index >= 15 is 0 Å². The number of fused-ring (bicyclic) bond motifs is 1. The van der Waals surface area contributed by atoms with Crippen molar-refractivity contribution in [2.24, 2.45) is 0 Å². The van der Waals surface area contributed by atoms with Gasteiger partial charge in [0.1, 0.15) is 11.6 Å². The lowest BCUT2D eigenvalue weighted by molar-refractivity contribution is 0.220. The highest BCUT2D eigenvalue weighted by Gasteiger charge is 2.32. The predicted molar refractivity (Wildman–Crippen MR) is 76.0 cm³/mol. The number of hydrogen-bond acceptors (Lipinski definition) is 1. The summed E-state index contributed by atoms with van der Waals surface area (Å²) in [6, 6.07) is 4.83. The van der Waals surface area contributed by atoms with E-state index in [1.807, 2.05) is 6.07 Å². The van der Waals surface area contributed by atoms with Crippen molar-refractivity contribution in [2.75, 3.05) is 0 Å². The number of hydrogen-bond donors (Lipinski definition) is 0. The maximum Gasteiger partial charge on any atom is 0.125 e. The zero-order valence-electron chi connectivity index (χ0n) is 11.1. The highest BCUT2D eigenvalue weighted by atomic mass is 35.5. The molecule has 102 valence electrons. The molecule has 0 radical (unpaired) electrons. The smallest absolute Gasteiger partial charge is 0.125 e. The fourth-order valence-electron chi connectivity index (χ4n) is 3.33. The summed E-state index contributed by atoms with van der Waals surface area (Å²) in [5.74, 6) is 0.977. The quantitative estimate of drug-likeness (QED) is 0.736. The van der Waals surface area contributed by atoms with E-state index in [4.69, 9.17) is 11.6 Å². The molecule has 1 aromatic heterocycles. The normalized spacial score (nSPS) is 18.9. The van der Waals surface area contributed by atoms with Crippen LogP contribution < -0.4 is 0 Å². The highest BCUT2D eigenvalue weighted by Crippen LogP contribution is 2.38. The van der Waals surface area contributed by atoms with Gasteiger partial charge in [0.15, 0.2) is 0 Å². The van der Waals surface area contributed by atoms with Gasteiger partial charge in [-0.25, -0.2) is 9.37 Å². The van der Waals surface area contributed by atoms with Crippen molar-refractivity contribution in [1.29, 1.82) is 0 Å². The van der Waals surface area contributed by atoms with E-state index < -0.39 is 0 Å². The third-order valence-electron chi connectivity index (χ3n) is 4.28. The molecule has 1 saturated carbocycles. The molecule has 1 aliphatic carbocycles. The number of nitrogens with zero attached hydrogens (tertiary/aromatic N) is 2. The van der Waals surface area contributed by atoms with Crippen molar-refractivity contribution in [1.82, 2.24) is 9.55 Å². The van der Waals surface area contributed by atoms with Crippen molar-refractivity contribution in [3.05, 3.63) is 29.8 Å². The largest absolute Gasteiger partial charge is 0.321 e. The van der Waals surface area contributed by atoms with Crippen LogP contribution in [0.25, 0.3) is 11.0 Å². The summed E-state index contributed by atoms with van der Waals surface area (Å²) in [4.78, 5) is 4.50. The minimum absolute atomic E-state index is 0.0645. The molecule has 0 amide bonds. The Kier molecular flexibility index (Phi) is 3.25. The molecule has 0 unspecified atom stereocenters. The molecule has 0 spiro atoms. The van der Waals surface area contributed by atoms with E-state index in [1.54, 1.807) is 0 Å². The fraction of sp³-hybridized carbons (Fsp3) is 0.533. The van der Waals surface area contributed by atoms with Crippen LogP contribution in [0.1, 0.15) is 44.9 Å². The van der Waals surface area contributed by atoms with Crippen LogP contribution in [0.2, 0.25) is 0 Å². The second kappa shape index (κ2) is 4.78. The van der Waals surface area contributed by atoms with Gasteiger partial charge in [0.05, 0.1) is 16.9 Å². The van der Waals surface area contributed by atoms with Gasteiger partial charge in [0, 0.05) is 11.6 Å². The van der Waals surface area contributed by atoms with Crippen LogP contribution in [0.15, 0.2) is 18.2 Å². The van der Waals surface area contributed by atoms with E-state index in [1.165, 1.54) is 31.4 Å². The first-order valence-electron chi connectivity index (χ1n) is 6.87. The van der Waals surface area contributed by atoms with Crippen molar-refractivity contribution in [3.63, 3.8) is 0 Å². The lowest BCUT2D eigenvalue weighted by atomic mass is 9.83. The van der Waals surface area contributed by atoms with E-state index in [-0.39, 0.29) is 11.4 Å². The van der Waals surface area contributed by atoms with Gasteiger partial charge in [-0.3, -0.25) is 0 Å². The third kappa shape index (κ3) is 2.14. The minimum atomic E-state index is -0.243. The summed E-state index contributed by atoms with van der Waals surface area (Å²) < 4.78 is 15.6. The Morgan fingerprint density at radius 2 is 2.05 bits per heavy atom. The SMILES string of the molecule is CC1(n2c(CCl)nc3cc(F)ccc32)CCCCC1. The minimum Gasteiger partial charge on any atom is -0.321 e. The average molecular weight is 281 g/mol. The highest BCUT2D eigenvalue weighted by molar-refractivity contribution is 6.16. The summed E-state index contributed by atoms with van der Waals surface area (Å²) in [6.45, 7) is 2.27. The van der Waals surface area contributed by atoms with E-state index in [9.17, 15) is 4.39 Å². The number of imidazole rings is 1. The lowest BCUT2D eigenvalue weighted by Crippen LogP contribution is -2.33. The second-order valence-electron chi connectivity index (χ2n) is 5.69. The zero-order valence-corrected chi connectivity index (χ0v) is 11.9. The molecular weight excluding hydrogens is 263 g/mol. The first-order valence-corrected chi connectivity index (χ1v) is 7.41. The number of halogens is 2. The number of alkyl halides is 1. The maximum absolute atomic E-state index is 13.3. The molecule has 1 aromatic carbocycles. The molecule has 2 aromatic rings. The summed E-state index contributed by atoms with van der Waals surface area (Å²) in [5.41, 5.74) is 1.78. The summed E-state index contributed by atoms with van der Waals surface area (Å²) in [5, 5.41) is 0. The first-order chi connectivity index (χ1) is 9.14. The molecule has 0 N–H and O–H groups in total. The predicted octanol–water partition coefficient (Wildman–Crippen LogP) is 4.59. The topological polar surface area (TPSA) is 17.8 Å². The van der Waals surface area contributed by atoms with Crippen LogP contribution in [-0.2, 0) is 11.4 Å². The van der Waals surface area contributed by atoms with Crippen LogP contribution in [0.3, 0.4) is 0 Å². The Morgan fingerprint density at radius 3 is 2.74 bits per heavy atom. The molecule has 2 nitrogen and oxygen atoms in total. The van der Waals surface area contributed by atoms with Gasteiger partial charge < -0.3 is 4.57 Å². The average Bonchev–Trinajstić information content (AvgIpc) is 2.77. The van der Waals surface area contributed by atoms with Crippen LogP contribution in [0.5, 0.6) is 0 Å². The van der Waals surface area contributed by atoms with Crippen LogP contribution in [0.4, 0.5) is 4.39 Å². The van der Waals surface area contributed by atoms with Crippen molar-refractivity contribution < 1.29 is 4.39 Å². The molecular formula is C15H18ClFN2. The van der Waals surface area contributed by atoms with Gasteiger partial charge in [0.2, 0.25) is 0 Å². The van der Waals surface area contributed by atoms with E-state index in [0.29, 0.717) is 11.4 Å². The van der Waals surface area contributed by atoms with Crippen molar-refractivity contribution in [3.8, 4) is 0 Å². The van der Waals surface area contributed by atoms with Crippen LogP contribution >= 0.6 is 11.6 Å². The third-order valence-corrected chi connectivity index (χ3v) is 4.52. The van der Waals surface area contributed by atoms with Crippen molar-refractivity contribution >= 4 is 22.6 Å². The number of benzene rings is 1. The van der Waals surface area contributed by atoms with Crippen LogP contribution in [-0.4, -0.2) is 9.55 Å². The van der Waals surface area contributed by atoms with Gasteiger partial charge >= 0.3 is 0 Å². The number of rotatable bonds is 2. The Morgan fingerprint density at radius 1 is 1.32 bits per heavy atom. The molecule has 19 heavy (non-hydrogen) atoms. The number of aromatic nitrogens is 2. The van der Waals surface area contributed by atoms with Gasteiger partial charge in [-0.2, -0.15) is 0 Å². The fourth-order valence-corrected chi connectivity index (χ4v) is 3.51. The van der Waals surface area contributed by atoms with Gasteiger partial charge in [-0.05, 0) is 31.9 Å². The van der Waals surface area contributed by atoms with E-state index in [2.05, 4.69) is 16.5 Å². The molecule has 1 aliphatic rings. The molecule has 1 heterocycles. The molecule has 4 heteroatoms. The zero-order chi connectivity index (χ0) is 13.5. The van der Waals surface area contributed by atoms with E-state index in [0.717, 1.165) is 24.2 Å². The van der Waals surface area contributed by atoms with Gasteiger partial charge in [-0.1, -0.05) is 19.3 Å². The molecule has 0 saturated heterocycles. The Hall–Kier alpha value is -1.09. The van der Waals surface area contributed by atoms with Gasteiger partial charge in [-0.15, -0.1) is 11.6 Å². The Bertz CT molecular complexity index is 599. The Labute approximate surface area is 117 Å². The molecule has 3 rings (SSSR count). The first kappa shape index (κ1) is 12.9. The van der Waals surface area contributed by atoms with Gasteiger partial charge in [0.25, 0.3) is 0 Å². The summed E-state index contributed by atoms with van der Waals surface area (Å²) in [7, 11) is 0. The second-order valence-corrected chi connectivity index (χ2v) is 5.95. The lowest BCUT2D eigenvalue weighted by Gasteiger charge is -2.36. The maximum atomic E-state index is 13.3. The van der Waals surface area contributed by atoms with Crippen LogP contribution in [0, 0.1) is 5.82 Å². The summed E-state index contributed by atoms with van der Waals surface area (Å²) >= 11 is 6.05. The summed E-state index contributed by atoms with van der Waals surface area (Å²) in [6.07, 6.45) is 6.05. The molecule has 0 atom stereocenters. The molecule has 0 bridgehead atoms. The Balaban J connectivity index is 2.20. The standard InChI is InChI=1S/C15H18ClFN2/c1-15(7-3-2-4-8-15)19-13-6-5-11(17)9-12(13)18-14(19)10-16/h5-6,9H,2-4,7-8,10H2,1H3. The monoisotopic (exact) mass is 280 g/mol. The molecule has 1 fully saturated rings.